The molecule has 2 aromatic rings. The number of carboxylic acid groups (broad SMARTS) is 1. The molecule has 0 saturated heterocycles. The molecule has 0 spiro atoms. The van der Waals surface area contributed by atoms with Crippen molar-refractivity contribution in [1.82, 2.24) is 4.98 Å². The Labute approximate surface area is 132 Å². The van der Waals surface area contributed by atoms with Crippen LogP contribution in [0, 0.1) is 13.8 Å². The molecule has 1 aliphatic heterocycles. The second-order valence-electron chi connectivity index (χ2n) is 5.51. The number of hydrogen-bond acceptors (Lipinski definition) is 2. The van der Waals surface area contributed by atoms with E-state index in [9.17, 15) is 14.7 Å². The van der Waals surface area contributed by atoms with Gasteiger partial charge in [-0.3, -0.25) is 4.79 Å². The maximum absolute atomic E-state index is 12.2. The number of aromatic amines is 1. The van der Waals surface area contributed by atoms with Gasteiger partial charge in [0.15, 0.2) is 0 Å². The lowest BCUT2D eigenvalue weighted by molar-refractivity contribution is -0.117. The first-order chi connectivity index (χ1) is 10.4. The van der Waals surface area contributed by atoms with E-state index in [1.807, 2.05) is 0 Å². The number of H-pyrrole nitrogens is 1. The standard InChI is InChI=1S/C16H15ClN2O3/c1-7-13(18-8(2)14(7)16(21)22)6-11-10-5-9(17)3-4-12(10)19-15(11)20/h3-5,11,18H,6H2,1-2H3,(H,19,20)(H,21,22). The van der Waals surface area contributed by atoms with Gasteiger partial charge in [-0.25, -0.2) is 4.79 Å². The minimum Gasteiger partial charge on any atom is -0.478 e. The SMILES string of the molecule is Cc1[nH]c(CC2C(=O)Nc3ccc(Cl)cc32)c(C)c1C(=O)O. The van der Waals surface area contributed by atoms with Gasteiger partial charge in [-0.2, -0.15) is 0 Å². The third kappa shape index (κ3) is 2.27. The van der Waals surface area contributed by atoms with Crippen molar-refractivity contribution in [2.45, 2.75) is 26.2 Å². The van der Waals surface area contributed by atoms with E-state index >= 15 is 0 Å². The van der Waals surface area contributed by atoms with E-state index < -0.39 is 5.97 Å². The molecule has 6 heteroatoms. The summed E-state index contributed by atoms with van der Waals surface area (Å²) in [6, 6.07) is 5.30. The number of hydrogen-bond donors (Lipinski definition) is 3. The number of carbonyl (C=O) groups excluding carboxylic acids is 1. The van der Waals surface area contributed by atoms with Crippen LogP contribution in [-0.2, 0) is 11.2 Å². The molecule has 5 nitrogen and oxygen atoms in total. The Morgan fingerprint density at radius 2 is 2.09 bits per heavy atom. The number of halogens is 1. The first kappa shape index (κ1) is 14.7. The van der Waals surface area contributed by atoms with E-state index in [0.29, 0.717) is 22.7 Å². The van der Waals surface area contributed by atoms with Gasteiger partial charge in [0.1, 0.15) is 0 Å². The van der Waals surface area contributed by atoms with Crippen molar-refractivity contribution in [3.05, 3.63) is 51.3 Å². The van der Waals surface area contributed by atoms with Gasteiger partial charge in [-0.05, 0) is 43.2 Å². The van der Waals surface area contributed by atoms with Crippen LogP contribution in [0.15, 0.2) is 18.2 Å². The van der Waals surface area contributed by atoms with E-state index in [1.165, 1.54) is 0 Å². The van der Waals surface area contributed by atoms with Crippen LogP contribution in [-0.4, -0.2) is 22.0 Å². The van der Waals surface area contributed by atoms with Crippen LogP contribution in [0.4, 0.5) is 5.69 Å². The normalized spacial score (nSPS) is 16.5. The monoisotopic (exact) mass is 318 g/mol. The van der Waals surface area contributed by atoms with Crippen LogP contribution in [0.1, 0.15) is 38.8 Å². The number of amides is 1. The van der Waals surface area contributed by atoms with Gasteiger partial charge in [0.2, 0.25) is 5.91 Å². The average molecular weight is 319 g/mol. The zero-order valence-electron chi connectivity index (χ0n) is 12.2. The Hall–Kier alpha value is -2.27. The van der Waals surface area contributed by atoms with Gasteiger partial charge in [0.05, 0.1) is 11.5 Å². The van der Waals surface area contributed by atoms with Gasteiger partial charge >= 0.3 is 5.97 Å². The van der Waals surface area contributed by atoms with E-state index in [-0.39, 0.29) is 17.4 Å². The number of carboxylic acids is 1. The van der Waals surface area contributed by atoms with Gasteiger partial charge in [-0.1, -0.05) is 11.6 Å². The van der Waals surface area contributed by atoms with Gasteiger partial charge in [0, 0.05) is 28.5 Å². The molecule has 1 unspecified atom stereocenters. The fraction of sp³-hybridized carbons (Fsp3) is 0.250. The molecule has 22 heavy (non-hydrogen) atoms. The van der Waals surface area contributed by atoms with Gasteiger partial charge in [0.25, 0.3) is 0 Å². The Morgan fingerprint density at radius 1 is 1.36 bits per heavy atom. The van der Waals surface area contributed by atoms with E-state index in [1.54, 1.807) is 32.0 Å². The van der Waals surface area contributed by atoms with Crippen molar-refractivity contribution in [2.24, 2.45) is 0 Å². The average Bonchev–Trinajstić information content (AvgIpc) is 2.88. The highest BCUT2D eigenvalue weighted by atomic mass is 35.5. The molecule has 1 aromatic carbocycles. The Kier molecular flexibility index (Phi) is 3.45. The molecule has 0 saturated carbocycles. The molecule has 3 N–H and O–H groups in total. The lowest BCUT2D eigenvalue weighted by atomic mass is 9.94. The maximum Gasteiger partial charge on any atom is 0.337 e. The third-order valence-corrected chi connectivity index (χ3v) is 4.36. The topological polar surface area (TPSA) is 82.2 Å². The highest BCUT2D eigenvalue weighted by Crippen LogP contribution is 2.37. The second kappa shape index (κ2) is 5.18. The third-order valence-electron chi connectivity index (χ3n) is 4.13. The molecule has 1 aromatic heterocycles. The molecule has 0 aliphatic carbocycles. The molecule has 0 bridgehead atoms. The summed E-state index contributed by atoms with van der Waals surface area (Å²) in [5.74, 6) is -1.43. The molecule has 1 aliphatic rings. The maximum atomic E-state index is 12.2. The predicted octanol–water partition coefficient (Wildman–Crippen LogP) is 3.26. The molecule has 2 heterocycles. The van der Waals surface area contributed by atoms with Crippen molar-refractivity contribution in [3.63, 3.8) is 0 Å². The quantitative estimate of drug-likeness (QED) is 0.812. The number of rotatable bonds is 3. The fourth-order valence-corrected chi connectivity index (χ4v) is 3.22. The molecule has 0 radical (unpaired) electrons. The minimum absolute atomic E-state index is 0.0965. The fourth-order valence-electron chi connectivity index (χ4n) is 3.04. The van der Waals surface area contributed by atoms with Crippen molar-refractivity contribution in [2.75, 3.05) is 5.32 Å². The van der Waals surface area contributed by atoms with Crippen molar-refractivity contribution >= 4 is 29.2 Å². The summed E-state index contributed by atoms with van der Waals surface area (Å²) in [6.07, 6.45) is 0.416. The number of fused-ring (bicyclic) bond motifs is 1. The number of nitrogens with one attached hydrogen (secondary N) is 2. The number of aromatic carboxylic acids is 1. The largest absolute Gasteiger partial charge is 0.478 e. The summed E-state index contributed by atoms with van der Waals surface area (Å²) >= 11 is 6.02. The number of anilines is 1. The van der Waals surface area contributed by atoms with Crippen LogP contribution in [0.25, 0.3) is 0 Å². The molecular weight excluding hydrogens is 304 g/mol. The lowest BCUT2D eigenvalue weighted by Gasteiger charge is -2.09. The number of aromatic nitrogens is 1. The van der Waals surface area contributed by atoms with Crippen LogP contribution in [0.2, 0.25) is 5.02 Å². The second-order valence-corrected chi connectivity index (χ2v) is 5.95. The van der Waals surface area contributed by atoms with Crippen molar-refractivity contribution < 1.29 is 14.7 Å². The van der Waals surface area contributed by atoms with Crippen LogP contribution in [0.3, 0.4) is 0 Å². The predicted molar refractivity (Wildman–Crippen MR) is 83.8 cm³/mol. The summed E-state index contributed by atoms with van der Waals surface area (Å²) in [7, 11) is 0. The smallest absolute Gasteiger partial charge is 0.337 e. The van der Waals surface area contributed by atoms with E-state index in [2.05, 4.69) is 10.3 Å². The zero-order chi connectivity index (χ0) is 16.0. The number of carbonyl (C=O) groups is 2. The Balaban J connectivity index is 1.98. The van der Waals surface area contributed by atoms with Crippen LogP contribution < -0.4 is 5.32 Å². The minimum atomic E-state index is -0.961. The Morgan fingerprint density at radius 3 is 2.73 bits per heavy atom. The summed E-state index contributed by atoms with van der Waals surface area (Å²) in [4.78, 5) is 26.6. The highest BCUT2D eigenvalue weighted by Gasteiger charge is 2.32. The van der Waals surface area contributed by atoms with Crippen LogP contribution in [0.5, 0.6) is 0 Å². The highest BCUT2D eigenvalue weighted by molar-refractivity contribution is 6.31. The zero-order valence-corrected chi connectivity index (χ0v) is 12.9. The Bertz CT molecular complexity index is 795. The van der Waals surface area contributed by atoms with Gasteiger partial charge < -0.3 is 15.4 Å². The molecule has 3 rings (SSSR count). The van der Waals surface area contributed by atoms with Crippen molar-refractivity contribution in [3.8, 4) is 0 Å². The lowest BCUT2D eigenvalue weighted by Crippen LogP contribution is -2.15. The first-order valence-electron chi connectivity index (χ1n) is 6.90. The molecule has 1 amide bonds. The number of benzene rings is 1. The summed E-state index contributed by atoms with van der Waals surface area (Å²) in [5.41, 5.74) is 3.93. The molecule has 0 fully saturated rings. The number of aryl methyl sites for hydroxylation is 1. The molecule has 114 valence electrons. The van der Waals surface area contributed by atoms with Crippen molar-refractivity contribution in [1.29, 1.82) is 0 Å². The molecule has 1 atom stereocenters. The van der Waals surface area contributed by atoms with Gasteiger partial charge in [-0.15, -0.1) is 0 Å². The summed E-state index contributed by atoms with van der Waals surface area (Å²) in [6.45, 7) is 3.48. The van der Waals surface area contributed by atoms with Crippen LogP contribution >= 0.6 is 11.6 Å². The van der Waals surface area contributed by atoms with E-state index in [0.717, 1.165) is 16.9 Å². The summed E-state index contributed by atoms with van der Waals surface area (Å²) in [5, 5.41) is 12.7. The first-order valence-corrected chi connectivity index (χ1v) is 7.28. The van der Waals surface area contributed by atoms with E-state index in [4.69, 9.17) is 11.6 Å². The summed E-state index contributed by atoms with van der Waals surface area (Å²) < 4.78 is 0. The molecular formula is C16H15ClN2O3.